The van der Waals surface area contributed by atoms with Crippen LogP contribution in [0.25, 0.3) is 0 Å². The van der Waals surface area contributed by atoms with Gasteiger partial charge in [0.1, 0.15) is 4.90 Å². The maximum Gasteiger partial charge on any atom is 0.240 e. The van der Waals surface area contributed by atoms with Gasteiger partial charge in [0.05, 0.1) is 5.69 Å². The minimum Gasteiger partial charge on any atom is -0.398 e. The Labute approximate surface area is 118 Å². The molecule has 0 aliphatic rings. The summed E-state index contributed by atoms with van der Waals surface area (Å²) in [5.74, 6) is 0. The zero-order valence-electron chi connectivity index (χ0n) is 11.1. The molecule has 0 aromatic heterocycles. The predicted molar refractivity (Wildman–Crippen MR) is 80.7 cm³/mol. The highest BCUT2D eigenvalue weighted by molar-refractivity contribution is 7.89. The number of nitrogen functional groups attached to an aromatic ring is 1. The molecule has 6 heteroatoms. The molecule has 0 bridgehead atoms. The van der Waals surface area contributed by atoms with E-state index < -0.39 is 10.0 Å². The lowest BCUT2D eigenvalue weighted by molar-refractivity contribution is 0.598. The summed E-state index contributed by atoms with van der Waals surface area (Å²) in [7, 11) is -3.78. The molecule has 20 heavy (non-hydrogen) atoms. The van der Waals surface area contributed by atoms with Gasteiger partial charge in [-0.2, -0.15) is 0 Å². The van der Waals surface area contributed by atoms with Crippen molar-refractivity contribution in [2.75, 3.05) is 11.1 Å². The van der Waals surface area contributed by atoms with E-state index >= 15 is 0 Å². The number of nitrogens with two attached hydrogens (primary N) is 2. The quantitative estimate of drug-likeness (QED) is 0.748. The molecular formula is C14H17N3O2S. The van der Waals surface area contributed by atoms with Crippen LogP contribution in [-0.2, 0) is 16.6 Å². The lowest BCUT2D eigenvalue weighted by atomic mass is 10.1. The van der Waals surface area contributed by atoms with Crippen LogP contribution in [0.4, 0.5) is 11.4 Å². The first-order valence-corrected chi connectivity index (χ1v) is 7.63. The molecule has 0 heterocycles. The number of hydrogen-bond acceptors (Lipinski definition) is 4. The number of rotatable bonds is 4. The number of anilines is 2. The van der Waals surface area contributed by atoms with Crippen LogP contribution >= 0.6 is 0 Å². The van der Waals surface area contributed by atoms with E-state index in [0.29, 0.717) is 6.54 Å². The van der Waals surface area contributed by atoms with Gasteiger partial charge in [-0.25, -0.2) is 13.6 Å². The minimum atomic E-state index is -3.78. The third-order valence-electron chi connectivity index (χ3n) is 3.06. The van der Waals surface area contributed by atoms with Gasteiger partial charge in [0.2, 0.25) is 10.0 Å². The summed E-state index contributed by atoms with van der Waals surface area (Å²) < 4.78 is 22.5. The highest BCUT2D eigenvalue weighted by Crippen LogP contribution is 2.22. The maximum atomic E-state index is 11.3. The average Bonchev–Trinajstić information content (AvgIpc) is 2.36. The van der Waals surface area contributed by atoms with Crippen molar-refractivity contribution in [2.45, 2.75) is 18.4 Å². The average molecular weight is 291 g/mol. The lowest BCUT2D eigenvalue weighted by Crippen LogP contribution is -2.14. The fraction of sp³-hybridized carbons (Fsp3) is 0.143. The Hall–Kier alpha value is -2.05. The van der Waals surface area contributed by atoms with E-state index in [1.165, 1.54) is 17.2 Å². The van der Waals surface area contributed by atoms with Gasteiger partial charge in [0.25, 0.3) is 0 Å². The third-order valence-corrected chi connectivity index (χ3v) is 4.05. The maximum absolute atomic E-state index is 11.3. The van der Waals surface area contributed by atoms with Crippen molar-refractivity contribution in [2.24, 2.45) is 5.14 Å². The number of nitrogens with one attached hydrogen (secondary N) is 1. The van der Waals surface area contributed by atoms with Crippen LogP contribution < -0.4 is 16.2 Å². The van der Waals surface area contributed by atoms with Crippen LogP contribution in [0.1, 0.15) is 11.1 Å². The van der Waals surface area contributed by atoms with Gasteiger partial charge in [-0.15, -0.1) is 0 Å². The molecule has 0 radical (unpaired) electrons. The van der Waals surface area contributed by atoms with Crippen LogP contribution in [0, 0.1) is 6.92 Å². The van der Waals surface area contributed by atoms with Gasteiger partial charge in [-0.3, -0.25) is 0 Å². The SMILES string of the molecule is Cc1ccccc1CNc1ccc(S(N)(=O)=O)c(N)c1. The summed E-state index contributed by atoms with van der Waals surface area (Å²) >= 11 is 0. The Morgan fingerprint density at radius 1 is 1.15 bits per heavy atom. The standard InChI is InChI=1S/C14H17N3O2S/c1-10-4-2-3-5-11(10)9-17-12-6-7-14(13(15)8-12)20(16,18)19/h2-8,17H,9,15H2,1H3,(H2,16,18,19). The van der Waals surface area contributed by atoms with Gasteiger partial charge in [-0.05, 0) is 36.2 Å². The molecule has 5 nitrogen and oxygen atoms in total. The molecule has 0 amide bonds. The van der Waals surface area contributed by atoms with Gasteiger partial charge >= 0.3 is 0 Å². The van der Waals surface area contributed by atoms with E-state index in [-0.39, 0.29) is 10.6 Å². The summed E-state index contributed by atoms with van der Waals surface area (Å²) in [4.78, 5) is -0.0565. The molecule has 2 aromatic carbocycles. The number of benzene rings is 2. The van der Waals surface area contributed by atoms with E-state index in [4.69, 9.17) is 10.9 Å². The Kier molecular flexibility index (Phi) is 3.96. The molecule has 0 unspecified atom stereocenters. The van der Waals surface area contributed by atoms with Crippen molar-refractivity contribution in [3.8, 4) is 0 Å². The van der Waals surface area contributed by atoms with Crippen LogP contribution in [0.15, 0.2) is 47.4 Å². The van der Waals surface area contributed by atoms with E-state index in [9.17, 15) is 8.42 Å². The normalized spacial score (nSPS) is 11.3. The van der Waals surface area contributed by atoms with E-state index in [2.05, 4.69) is 5.32 Å². The molecule has 0 saturated carbocycles. The van der Waals surface area contributed by atoms with Crippen molar-refractivity contribution >= 4 is 21.4 Å². The second-order valence-electron chi connectivity index (χ2n) is 4.58. The first kappa shape index (κ1) is 14.4. The van der Waals surface area contributed by atoms with Crippen LogP contribution in [0.2, 0.25) is 0 Å². The van der Waals surface area contributed by atoms with Crippen molar-refractivity contribution in [1.82, 2.24) is 0 Å². The third kappa shape index (κ3) is 3.28. The van der Waals surface area contributed by atoms with Gasteiger partial charge in [0.15, 0.2) is 0 Å². The molecule has 0 aliphatic carbocycles. The van der Waals surface area contributed by atoms with Crippen molar-refractivity contribution in [1.29, 1.82) is 0 Å². The lowest BCUT2D eigenvalue weighted by Gasteiger charge is -2.11. The fourth-order valence-electron chi connectivity index (χ4n) is 1.92. The molecule has 0 atom stereocenters. The fourth-order valence-corrected chi connectivity index (χ4v) is 2.57. The molecular weight excluding hydrogens is 274 g/mol. The largest absolute Gasteiger partial charge is 0.398 e. The van der Waals surface area contributed by atoms with E-state index in [1.807, 2.05) is 31.2 Å². The molecule has 0 fully saturated rings. The predicted octanol–water partition coefficient (Wildman–Crippen LogP) is 1.84. The first-order valence-electron chi connectivity index (χ1n) is 6.08. The first-order chi connectivity index (χ1) is 9.38. The summed E-state index contributed by atoms with van der Waals surface area (Å²) in [6.45, 7) is 2.68. The van der Waals surface area contributed by atoms with E-state index in [1.54, 1.807) is 12.1 Å². The Balaban J connectivity index is 2.16. The van der Waals surface area contributed by atoms with Crippen LogP contribution in [-0.4, -0.2) is 8.42 Å². The molecule has 2 aromatic rings. The second kappa shape index (κ2) is 5.52. The summed E-state index contributed by atoms with van der Waals surface area (Å²) in [6.07, 6.45) is 0. The summed E-state index contributed by atoms with van der Waals surface area (Å²) in [5.41, 5.74) is 8.95. The minimum absolute atomic E-state index is 0.0565. The Morgan fingerprint density at radius 3 is 2.45 bits per heavy atom. The van der Waals surface area contributed by atoms with Crippen molar-refractivity contribution < 1.29 is 8.42 Å². The van der Waals surface area contributed by atoms with Crippen LogP contribution in [0.5, 0.6) is 0 Å². The monoisotopic (exact) mass is 291 g/mol. The van der Waals surface area contributed by atoms with Crippen molar-refractivity contribution in [3.05, 3.63) is 53.6 Å². The topological polar surface area (TPSA) is 98.2 Å². The zero-order valence-corrected chi connectivity index (χ0v) is 11.9. The highest BCUT2D eigenvalue weighted by Gasteiger charge is 2.12. The zero-order chi connectivity index (χ0) is 14.8. The second-order valence-corrected chi connectivity index (χ2v) is 6.11. The van der Waals surface area contributed by atoms with Crippen molar-refractivity contribution in [3.63, 3.8) is 0 Å². The molecule has 0 spiro atoms. The number of sulfonamides is 1. The van der Waals surface area contributed by atoms with Gasteiger partial charge < -0.3 is 11.1 Å². The number of primary sulfonamides is 1. The number of aryl methyl sites for hydroxylation is 1. The van der Waals surface area contributed by atoms with Crippen LogP contribution in [0.3, 0.4) is 0 Å². The highest BCUT2D eigenvalue weighted by atomic mass is 32.2. The molecule has 0 aliphatic heterocycles. The molecule has 5 N–H and O–H groups in total. The van der Waals surface area contributed by atoms with Gasteiger partial charge in [-0.1, -0.05) is 24.3 Å². The smallest absolute Gasteiger partial charge is 0.240 e. The number of hydrogen-bond donors (Lipinski definition) is 3. The van der Waals surface area contributed by atoms with Gasteiger partial charge in [0, 0.05) is 12.2 Å². The Morgan fingerprint density at radius 2 is 1.85 bits per heavy atom. The van der Waals surface area contributed by atoms with E-state index in [0.717, 1.165) is 5.69 Å². The summed E-state index contributed by atoms with van der Waals surface area (Å²) in [5, 5.41) is 8.27. The molecule has 2 rings (SSSR count). The Bertz CT molecular complexity index is 727. The molecule has 106 valence electrons. The summed E-state index contributed by atoms with van der Waals surface area (Å²) in [6, 6.07) is 12.7. The molecule has 0 saturated heterocycles.